The summed E-state index contributed by atoms with van der Waals surface area (Å²) in [6, 6.07) is 0.939. The number of rotatable bonds is 2. The van der Waals surface area contributed by atoms with Crippen LogP contribution >= 0.6 is 0 Å². The van der Waals surface area contributed by atoms with Crippen molar-refractivity contribution in [1.82, 2.24) is 9.78 Å². The number of halogens is 3. The zero-order valence-corrected chi connectivity index (χ0v) is 10.2. The number of hydrogen-bond donors (Lipinski definition) is 1. The van der Waals surface area contributed by atoms with Gasteiger partial charge in [0.15, 0.2) is 5.69 Å². The van der Waals surface area contributed by atoms with Gasteiger partial charge in [0.2, 0.25) is 0 Å². The Labute approximate surface area is 104 Å². The molecule has 0 radical (unpaired) electrons. The van der Waals surface area contributed by atoms with Crippen LogP contribution in [-0.2, 0) is 12.7 Å². The summed E-state index contributed by atoms with van der Waals surface area (Å²) in [5.41, 5.74) is -1.82. The van der Waals surface area contributed by atoms with Crippen molar-refractivity contribution >= 4 is 0 Å². The van der Waals surface area contributed by atoms with E-state index in [1.54, 1.807) is 0 Å². The third kappa shape index (κ3) is 3.04. The zero-order valence-electron chi connectivity index (χ0n) is 10.2. The van der Waals surface area contributed by atoms with E-state index in [2.05, 4.69) is 12.0 Å². The summed E-state index contributed by atoms with van der Waals surface area (Å²) in [4.78, 5) is 0. The Morgan fingerprint density at radius 3 is 2.56 bits per heavy atom. The Kier molecular flexibility index (Phi) is 3.40. The SMILES string of the molecule is CC1CCC(O)(Cn2ccc(C(F)(F)F)n2)CC1. The molecule has 1 heterocycles. The Bertz CT molecular complexity index is 406. The van der Waals surface area contributed by atoms with Gasteiger partial charge in [-0.1, -0.05) is 6.92 Å². The molecule has 1 N–H and O–H groups in total. The first kappa shape index (κ1) is 13.4. The summed E-state index contributed by atoms with van der Waals surface area (Å²) >= 11 is 0. The van der Waals surface area contributed by atoms with Crippen molar-refractivity contribution in [1.29, 1.82) is 0 Å². The summed E-state index contributed by atoms with van der Waals surface area (Å²) in [7, 11) is 0. The fourth-order valence-corrected chi connectivity index (χ4v) is 2.36. The van der Waals surface area contributed by atoms with Crippen LogP contribution in [-0.4, -0.2) is 20.5 Å². The molecule has 0 aliphatic heterocycles. The molecule has 1 aromatic heterocycles. The minimum absolute atomic E-state index is 0.135. The molecule has 1 aliphatic rings. The zero-order chi connectivity index (χ0) is 13.4. The van der Waals surface area contributed by atoms with Crippen LogP contribution in [0, 0.1) is 5.92 Å². The van der Waals surface area contributed by atoms with Gasteiger partial charge in [0.1, 0.15) is 0 Å². The largest absolute Gasteiger partial charge is 0.435 e. The van der Waals surface area contributed by atoms with Crippen LogP contribution in [0.1, 0.15) is 38.3 Å². The molecule has 1 saturated carbocycles. The number of aliphatic hydroxyl groups is 1. The van der Waals surface area contributed by atoms with Crippen LogP contribution in [0.2, 0.25) is 0 Å². The normalized spacial score (nSPS) is 29.5. The van der Waals surface area contributed by atoms with E-state index in [-0.39, 0.29) is 6.54 Å². The molecule has 1 fully saturated rings. The van der Waals surface area contributed by atoms with E-state index in [9.17, 15) is 18.3 Å². The van der Waals surface area contributed by atoms with E-state index < -0.39 is 17.5 Å². The first-order valence-corrected chi connectivity index (χ1v) is 6.12. The molecule has 3 nitrogen and oxygen atoms in total. The first-order chi connectivity index (χ1) is 8.28. The molecule has 6 heteroatoms. The number of hydrogen-bond acceptors (Lipinski definition) is 2. The third-order valence-corrected chi connectivity index (χ3v) is 3.59. The van der Waals surface area contributed by atoms with Crippen molar-refractivity contribution in [2.75, 3.05) is 0 Å². The van der Waals surface area contributed by atoms with E-state index in [0.717, 1.165) is 18.9 Å². The lowest BCUT2D eigenvalue weighted by atomic mass is 9.79. The summed E-state index contributed by atoms with van der Waals surface area (Å²) in [6.45, 7) is 2.26. The molecule has 2 rings (SSSR count). The molecule has 0 unspecified atom stereocenters. The average molecular weight is 262 g/mol. The Hall–Kier alpha value is -1.04. The second-order valence-electron chi connectivity index (χ2n) is 5.30. The molecule has 0 saturated heterocycles. The predicted octanol–water partition coefficient (Wildman–Crippen LogP) is 2.84. The Balaban J connectivity index is 2.03. The third-order valence-electron chi connectivity index (χ3n) is 3.59. The highest BCUT2D eigenvalue weighted by atomic mass is 19.4. The number of alkyl halides is 3. The molecule has 1 aliphatic carbocycles. The molecule has 18 heavy (non-hydrogen) atoms. The van der Waals surface area contributed by atoms with E-state index in [1.807, 2.05) is 0 Å². The van der Waals surface area contributed by atoms with Crippen LogP contribution in [0.5, 0.6) is 0 Å². The fraction of sp³-hybridized carbons (Fsp3) is 0.750. The van der Waals surface area contributed by atoms with Crippen LogP contribution in [0.3, 0.4) is 0 Å². The van der Waals surface area contributed by atoms with Gasteiger partial charge in [-0.2, -0.15) is 18.3 Å². The summed E-state index contributed by atoms with van der Waals surface area (Å²) in [6.07, 6.45) is -0.0909. The molecular formula is C12H17F3N2O. The van der Waals surface area contributed by atoms with E-state index in [4.69, 9.17) is 0 Å². The van der Waals surface area contributed by atoms with Gasteiger partial charge in [0.25, 0.3) is 0 Å². The fourth-order valence-electron chi connectivity index (χ4n) is 2.36. The number of nitrogens with zero attached hydrogens (tertiary/aromatic N) is 2. The Morgan fingerprint density at radius 1 is 1.44 bits per heavy atom. The second kappa shape index (κ2) is 4.57. The molecule has 0 spiro atoms. The lowest BCUT2D eigenvalue weighted by Crippen LogP contribution is -2.38. The van der Waals surface area contributed by atoms with Crippen molar-refractivity contribution in [2.24, 2.45) is 5.92 Å². The van der Waals surface area contributed by atoms with Crippen molar-refractivity contribution in [3.05, 3.63) is 18.0 Å². The van der Waals surface area contributed by atoms with Crippen molar-refractivity contribution < 1.29 is 18.3 Å². The van der Waals surface area contributed by atoms with Crippen molar-refractivity contribution in [3.8, 4) is 0 Å². The Morgan fingerprint density at radius 2 is 2.06 bits per heavy atom. The minimum Gasteiger partial charge on any atom is -0.388 e. The van der Waals surface area contributed by atoms with Crippen molar-refractivity contribution in [2.45, 2.75) is 50.9 Å². The first-order valence-electron chi connectivity index (χ1n) is 6.12. The van der Waals surface area contributed by atoms with Gasteiger partial charge < -0.3 is 5.11 Å². The highest BCUT2D eigenvalue weighted by Gasteiger charge is 2.36. The summed E-state index contributed by atoms with van der Waals surface area (Å²) < 4.78 is 38.4. The summed E-state index contributed by atoms with van der Waals surface area (Å²) in [5.74, 6) is 0.577. The van der Waals surface area contributed by atoms with Gasteiger partial charge in [0.05, 0.1) is 12.1 Å². The van der Waals surface area contributed by atoms with Crippen LogP contribution in [0.4, 0.5) is 13.2 Å². The van der Waals surface area contributed by atoms with Crippen LogP contribution in [0.25, 0.3) is 0 Å². The quantitative estimate of drug-likeness (QED) is 0.890. The monoisotopic (exact) mass is 262 g/mol. The maximum absolute atomic E-state index is 12.4. The summed E-state index contributed by atoms with van der Waals surface area (Å²) in [5, 5.41) is 13.8. The molecular weight excluding hydrogens is 245 g/mol. The van der Waals surface area contributed by atoms with Gasteiger partial charge >= 0.3 is 6.18 Å². The van der Waals surface area contributed by atoms with E-state index in [0.29, 0.717) is 18.8 Å². The molecule has 0 amide bonds. The molecule has 0 bridgehead atoms. The van der Waals surface area contributed by atoms with Gasteiger partial charge in [-0.25, -0.2) is 0 Å². The second-order valence-corrected chi connectivity index (χ2v) is 5.30. The van der Waals surface area contributed by atoms with E-state index in [1.165, 1.54) is 10.9 Å². The standard InChI is InChI=1S/C12H17F3N2O/c1-9-2-5-11(18,6-3-9)8-17-7-4-10(16-17)12(13,14)15/h4,7,9,18H,2-3,5-6,8H2,1H3. The highest BCUT2D eigenvalue weighted by Crippen LogP contribution is 2.33. The minimum atomic E-state index is -4.42. The molecule has 102 valence electrons. The van der Waals surface area contributed by atoms with Gasteiger partial charge in [-0.15, -0.1) is 0 Å². The maximum Gasteiger partial charge on any atom is 0.435 e. The van der Waals surface area contributed by atoms with E-state index >= 15 is 0 Å². The highest BCUT2D eigenvalue weighted by molar-refractivity contribution is 5.03. The maximum atomic E-state index is 12.4. The number of aromatic nitrogens is 2. The smallest absolute Gasteiger partial charge is 0.388 e. The predicted molar refractivity (Wildman–Crippen MR) is 59.8 cm³/mol. The van der Waals surface area contributed by atoms with Gasteiger partial charge in [-0.05, 0) is 37.7 Å². The molecule has 1 aromatic rings. The lowest BCUT2D eigenvalue weighted by Gasteiger charge is -2.34. The lowest BCUT2D eigenvalue weighted by molar-refractivity contribution is -0.141. The van der Waals surface area contributed by atoms with Crippen LogP contribution < -0.4 is 0 Å². The van der Waals surface area contributed by atoms with Gasteiger partial charge in [0, 0.05) is 6.20 Å². The molecule has 0 atom stereocenters. The van der Waals surface area contributed by atoms with Crippen molar-refractivity contribution in [3.63, 3.8) is 0 Å². The topological polar surface area (TPSA) is 38.0 Å². The van der Waals surface area contributed by atoms with Crippen LogP contribution in [0.15, 0.2) is 12.3 Å². The van der Waals surface area contributed by atoms with Gasteiger partial charge in [-0.3, -0.25) is 4.68 Å². The molecule has 0 aromatic carbocycles. The average Bonchev–Trinajstić information content (AvgIpc) is 2.71.